The van der Waals surface area contributed by atoms with Crippen molar-refractivity contribution in [1.29, 1.82) is 0 Å². The molecular weight excluding hydrogens is 438 g/mol. The molecule has 3 aromatic rings. The first kappa shape index (κ1) is 25.2. The molecule has 0 aliphatic carbocycles. The number of para-hydroxylation sites is 1. The van der Waals surface area contributed by atoms with Crippen molar-refractivity contribution >= 4 is 16.8 Å². The lowest BCUT2D eigenvalue weighted by Gasteiger charge is -2.31. The summed E-state index contributed by atoms with van der Waals surface area (Å²) in [6.07, 6.45) is 0. The second-order valence-electron chi connectivity index (χ2n) is 7.67. The summed E-state index contributed by atoms with van der Waals surface area (Å²) in [7, 11) is 6.20. The van der Waals surface area contributed by atoms with Crippen LogP contribution in [0.1, 0.15) is 29.1 Å². The summed E-state index contributed by atoms with van der Waals surface area (Å²) < 4.78 is 22.8. The molecular formula is C25H31N3O6. The Hall–Kier alpha value is -3.43. The first-order valence-electron chi connectivity index (χ1n) is 11.0. The van der Waals surface area contributed by atoms with E-state index in [0.717, 1.165) is 0 Å². The van der Waals surface area contributed by atoms with Gasteiger partial charge >= 0.3 is 0 Å². The Kier molecular flexibility index (Phi) is 8.61. The van der Waals surface area contributed by atoms with Crippen molar-refractivity contribution in [2.75, 3.05) is 48.2 Å². The van der Waals surface area contributed by atoms with E-state index in [1.54, 1.807) is 67.2 Å². The fourth-order valence-electron chi connectivity index (χ4n) is 3.83. The number of rotatable bonds is 11. The normalized spacial score (nSPS) is 11.9. The molecule has 0 bridgehead atoms. The fourth-order valence-corrected chi connectivity index (χ4v) is 3.83. The Bertz CT molecular complexity index is 1190. The lowest BCUT2D eigenvalue weighted by Crippen LogP contribution is -2.40. The SMILES string of the molecule is COCCN(C(=O)c1ccc(OC)cc1OC)C(C)c1nc2ccccc2c(=O)n1CCOC. The molecule has 3 rings (SSSR count). The molecule has 0 aliphatic rings. The molecule has 9 heteroatoms. The zero-order chi connectivity index (χ0) is 24.7. The Labute approximate surface area is 198 Å². The lowest BCUT2D eigenvalue weighted by atomic mass is 10.1. The maximum absolute atomic E-state index is 13.7. The van der Waals surface area contributed by atoms with Crippen molar-refractivity contribution < 1.29 is 23.7 Å². The minimum absolute atomic E-state index is 0.175. The van der Waals surface area contributed by atoms with Crippen LogP contribution in [0.2, 0.25) is 0 Å². The van der Waals surface area contributed by atoms with Crippen LogP contribution in [0.5, 0.6) is 11.5 Å². The van der Waals surface area contributed by atoms with Crippen LogP contribution in [-0.4, -0.2) is 68.6 Å². The standard InChI is InChI=1S/C25H31N3O6/c1-17(23-26-21-9-7-6-8-19(21)24(29)28(23)13-15-32-3)27(12-14-31-2)25(30)20-11-10-18(33-4)16-22(20)34-5/h6-11,16-17H,12-15H2,1-5H3. The van der Waals surface area contributed by atoms with Gasteiger partial charge in [0, 0.05) is 26.8 Å². The van der Waals surface area contributed by atoms with E-state index in [1.807, 2.05) is 13.0 Å². The summed E-state index contributed by atoms with van der Waals surface area (Å²) in [6, 6.07) is 11.7. The summed E-state index contributed by atoms with van der Waals surface area (Å²) in [5.74, 6) is 1.17. The van der Waals surface area contributed by atoms with Crippen molar-refractivity contribution in [3.05, 3.63) is 64.2 Å². The highest BCUT2D eigenvalue weighted by atomic mass is 16.5. The molecule has 1 heterocycles. The summed E-state index contributed by atoms with van der Waals surface area (Å²) in [5.41, 5.74) is 0.771. The van der Waals surface area contributed by atoms with Gasteiger partial charge in [-0.1, -0.05) is 12.1 Å². The van der Waals surface area contributed by atoms with E-state index in [2.05, 4.69) is 0 Å². The van der Waals surface area contributed by atoms with E-state index in [1.165, 1.54) is 7.11 Å². The minimum atomic E-state index is -0.538. The van der Waals surface area contributed by atoms with Crippen LogP contribution in [0, 0.1) is 0 Å². The molecule has 0 N–H and O–H groups in total. The van der Waals surface area contributed by atoms with E-state index in [-0.39, 0.29) is 11.5 Å². The number of methoxy groups -OCH3 is 4. The highest BCUT2D eigenvalue weighted by Gasteiger charge is 2.28. The van der Waals surface area contributed by atoms with Crippen molar-refractivity contribution in [1.82, 2.24) is 14.5 Å². The smallest absolute Gasteiger partial charge is 0.261 e. The molecule has 0 aliphatic heterocycles. The van der Waals surface area contributed by atoms with Gasteiger partial charge in [0.05, 0.1) is 56.5 Å². The topological polar surface area (TPSA) is 92.1 Å². The molecule has 0 radical (unpaired) electrons. The molecule has 0 spiro atoms. The van der Waals surface area contributed by atoms with Crippen molar-refractivity contribution in [3.63, 3.8) is 0 Å². The number of amides is 1. The highest BCUT2D eigenvalue weighted by Crippen LogP contribution is 2.29. The minimum Gasteiger partial charge on any atom is -0.497 e. The molecule has 0 fully saturated rings. The number of hydrogen-bond acceptors (Lipinski definition) is 7. The maximum atomic E-state index is 13.7. The van der Waals surface area contributed by atoms with Crippen molar-refractivity contribution in [2.24, 2.45) is 0 Å². The molecule has 2 aromatic carbocycles. The lowest BCUT2D eigenvalue weighted by molar-refractivity contribution is 0.0597. The fraction of sp³-hybridized carbons (Fsp3) is 0.400. The number of aromatic nitrogens is 2. The summed E-state index contributed by atoms with van der Waals surface area (Å²) in [5, 5.41) is 0.515. The average molecular weight is 470 g/mol. The molecule has 0 saturated heterocycles. The Morgan fingerprint density at radius 2 is 1.76 bits per heavy atom. The highest BCUT2D eigenvalue weighted by molar-refractivity contribution is 5.97. The summed E-state index contributed by atoms with van der Waals surface area (Å²) >= 11 is 0. The second-order valence-corrected chi connectivity index (χ2v) is 7.67. The number of ether oxygens (including phenoxy) is 4. The van der Waals surface area contributed by atoms with Gasteiger partial charge in [0.2, 0.25) is 0 Å². The van der Waals surface area contributed by atoms with Crippen LogP contribution < -0.4 is 15.0 Å². The predicted molar refractivity (Wildman–Crippen MR) is 129 cm³/mol. The van der Waals surface area contributed by atoms with Gasteiger partial charge in [-0.25, -0.2) is 4.98 Å². The molecule has 1 unspecified atom stereocenters. The Balaban J connectivity index is 2.12. The molecule has 34 heavy (non-hydrogen) atoms. The first-order chi connectivity index (χ1) is 16.5. The van der Waals surface area contributed by atoms with Gasteiger partial charge in [-0.2, -0.15) is 0 Å². The summed E-state index contributed by atoms with van der Waals surface area (Å²) in [6.45, 7) is 3.09. The van der Waals surface area contributed by atoms with Crippen molar-refractivity contribution in [3.8, 4) is 11.5 Å². The van der Waals surface area contributed by atoms with Crippen LogP contribution in [0.15, 0.2) is 47.3 Å². The number of benzene rings is 2. The van der Waals surface area contributed by atoms with Gasteiger partial charge in [0.15, 0.2) is 0 Å². The predicted octanol–water partition coefficient (Wildman–Crippen LogP) is 2.91. The largest absolute Gasteiger partial charge is 0.497 e. The number of carbonyl (C=O) groups is 1. The number of nitrogens with zero attached hydrogens (tertiary/aromatic N) is 3. The molecule has 182 valence electrons. The average Bonchev–Trinajstić information content (AvgIpc) is 2.87. The zero-order valence-electron chi connectivity index (χ0n) is 20.2. The first-order valence-corrected chi connectivity index (χ1v) is 11.0. The molecule has 0 saturated carbocycles. The zero-order valence-corrected chi connectivity index (χ0v) is 20.2. The van der Waals surface area contributed by atoms with Crippen LogP contribution in [0.25, 0.3) is 10.9 Å². The van der Waals surface area contributed by atoms with Crippen molar-refractivity contribution in [2.45, 2.75) is 19.5 Å². The van der Waals surface area contributed by atoms with Gasteiger partial charge < -0.3 is 23.8 Å². The third-order valence-electron chi connectivity index (χ3n) is 5.69. The number of fused-ring (bicyclic) bond motifs is 1. The molecule has 1 amide bonds. The van der Waals surface area contributed by atoms with E-state index in [4.69, 9.17) is 23.9 Å². The van der Waals surface area contributed by atoms with E-state index in [0.29, 0.717) is 60.1 Å². The molecule has 1 atom stereocenters. The van der Waals surface area contributed by atoms with E-state index < -0.39 is 6.04 Å². The number of carbonyl (C=O) groups excluding carboxylic acids is 1. The van der Waals surface area contributed by atoms with Gasteiger partial charge in [0.1, 0.15) is 17.3 Å². The van der Waals surface area contributed by atoms with Gasteiger partial charge in [0.25, 0.3) is 11.5 Å². The van der Waals surface area contributed by atoms with Gasteiger partial charge in [-0.05, 0) is 31.2 Å². The van der Waals surface area contributed by atoms with E-state index in [9.17, 15) is 9.59 Å². The maximum Gasteiger partial charge on any atom is 0.261 e. The quantitative estimate of drug-likeness (QED) is 0.426. The van der Waals surface area contributed by atoms with Crippen LogP contribution in [0.3, 0.4) is 0 Å². The second kappa shape index (κ2) is 11.6. The monoisotopic (exact) mass is 469 g/mol. The van der Waals surface area contributed by atoms with Crippen LogP contribution in [0.4, 0.5) is 0 Å². The third kappa shape index (κ3) is 5.21. The van der Waals surface area contributed by atoms with Crippen LogP contribution in [-0.2, 0) is 16.0 Å². The molecule has 1 aromatic heterocycles. The van der Waals surface area contributed by atoms with Gasteiger partial charge in [-0.15, -0.1) is 0 Å². The Morgan fingerprint density at radius 1 is 1.03 bits per heavy atom. The van der Waals surface area contributed by atoms with Crippen LogP contribution >= 0.6 is 0 Å². The Morgan fingerprint density at radius 3 is 2.44 bits per heavy atom. The third-order valence-corrected chi connectivity index (χ3v) is 5.69. The molecule has 9 nitrogen and oxygen atoms in total. The van der Waals surface area contributed by atoms with E-state index >= 15 is 0 Å². The summed E-state index contributed by atoms with van der Waals surface area (Å²) in [4.78, 5) is 33.5. The number of hydrogen-bond donors (Lipinski definition) is 0. The van der Waals surface area contributed by atoms with Gasteiger partial charge in [-0.3, -0.25) is 14.2 Å².